The normalized spacial score (nSPS) is 10.4. The van der Waals surface area contributed by atoms with Crippen molar-refractivity contribution in [3.63, 3.8) is 0 Å². The quantitative estimate of drug-likeness (QED) is 0.786. The Labute approximate surface area is 116 Å². The number of anilines is 1. The monoisotopic (exact) mass is 266 g/mol. The van der Waals surface area contributed by atoms with Gasteiger partial charge in [0.2, 0.25) is 5.89 Å². The zero-order valence-electron chi connectivity index (χ0n) is 11.0. The maximum atomic E-state index is 5.95. The molecule has 0 aliphatic carbocycles. The third-order valence-electron chi connectivity index (χ3n) is 3.03. The lowest BCUT2D eigenvalue weighted by Crippen LogP contribution is -1.88. The minimum atomic E-state index is 0.383. The fourth-order valence-corrected chi connectivity index (χ4v) is 1.99. The highest BCUT2D eigenvalue weighted by Gasteiger charge is 2.13. The summed E-state index contributed by atoms with van der Waals surface area (Å²) in [5.41, 5.74) is 7.72. The first-order chi connectivity index (χ1) is 9.78. The van der Waals surface area contributed by atoms with Gasteiger partial charge in [-0.15, -0.1) is 0 Å². The Hall–Kier alpha value is -2.75. The third kappa shape index (κ3) is 2.23. The smallest absolute Gasteiger partial charge is 0.228 e. The average Bonchev–Trinajstić information content (AvgIpc) is 2.90. The Morgan fingerprint density at radius 3 is 2.30 bits per heavy atom. The number of methoxy groups -OCH3 is 1. The number of hydrogen-bond acceptors (Lipinski definition) is 4. The lowest BCUT2D eigenvalue weighted by atomic mass is 10.2. The molecule has 4 heteroatoms. The van der Waals surface area contributed by atoms with Gasteiger partial charge in [0, 0.05) is 11.1 Å². The molecular weight excluding hydrogens is 252 g/mol. The van der Waals surface area contributed by atoms with Crippen LogP contribution in [0.15, 0.2) is 59.0 Å². The summed E-state index contributed by atoms with van der Waals surface area (Å²) in [4.78, 5) is 4.28. The average molecular weight is 266 g/mol. The van der Waals surface area contributed by atoms with Crippen molar-refractivity contribution in [2.24, 2.45) is 0 Å². The number of hydrogen-bond donors (Lipinski definition) is 1. The van der Waals surface area contributed by atoms with Crippen molar-refractivity contribution in [2.75, 3.05) is 12.8 Å². The van der Waals surface area contributed by atoms with E-state index in [1.165, 1.54) is 0 Å². The molecule has 0 radical (unpaired) electrons. The van der Waals surface area contributed by atoms with Gasteiger partial charge in [-0.3, -0.25) is 0 Å². The van der Waals surface area contributed by atoms with E-state index in [2.05, 4.69) is 4.98 Å². The van der Waals surface area contributed by atoms with Crippen LogP contribution in [0.1, 0.15) is 0 Å². The molecule has 1 heterocycles. The topological polar surface area (TPSA) is 61.3 Å². The van der Waals surface area contributed by atoms with Crippen LogP contribution in [-0.4, -0.2) is 12.1 Å². The summed E-state index contributed by atoms with van der Waals surface area (Å²) in [6.45, 7) is 0. The third-order valence-corrected chi connectivity index (χ3v) is 3.03. The van der Waals surface area contributed by atoms with Crippen LogP contribution in [0, 0.1) is 0 Å². The van der Waals surface area contributed by atoms with E-state index >= 15 is 0 Å². The molecule has 0 spiro atoms. The van der Waals surface area contributed by atoms with E-state index in [1.54, 1.807) is 7.11 Å². The number of nitrogens with two attached hydrogens (primary N) is 1. The first-order valence-corrected chi connectivity index (χ1v) is 6.24. The van der Waals surface area contributed by atoms with Crippen molar-refractivity contribution in [1.29, 1.82) is 0 Å². The minimum absolute atomic E-state index is 0.383. The molecule has 3 aromatic rings. The first-order valence-electron chi connectivity index (χ1n) is 6.24. The summed E-state index contributed by atoms with van der Waals surface area (Å²) in [6.07, 6.45) is 0. The van der Waals surface area contributed by atoms with Gasteiger partial charge in [-0.25, -0.2) is 0 Å². The van der Waals surface area contributed by atoms with Crippen LogP contribution in [-0.2, 0) is 0 Å². The predicted molar refractivity (Wildman–Crippen MR) is 78.3 cm³/mol. The van der Waals surface area contributed by atoms with E-state index in [4.69, 9.17) is 14.9 Å². The zero-order chi connectivity index (χ0) is 13.9. The van der Waals surface area contributed by atoms with Crippen LogP contribution < -0.4 is 10.5 Å². The lowest BCUT2D eigenvalue weighted by Gasteiger charge is -2.01. The molecule has 20 heavy (non-hydrogen) atoms. The summed E-state index contributed by atoms with van der Waals surface area (Å²) in [6, 6.07) is 17.2. The van der Waals surface area contributed by atoms with Crippen molar-refractivity contribution in [1.82, 2.24) is 4.98 Å². The van der Waals surface area contributed by atoms with Gasteiger partial charge in [0.25, 0.3) is 0 Å². The molecule has 0 saturated carbocycles. The van der Waals surface area contributed by atoms with Gasteiger partial charge in [0.15, 0.2) is 11.6 Å². The highest BCUT2D eigenvalue weighted by molar-refractivity contribution is 5.71. The maximum absolute atomic E-state index is 5.95. The van der Waals surface area contributed by atoms with Crippen molar-refractivity contribution >= 4 is 5.82 Å². The zero-order valence-corrected chi connectivity index (χ0v) is 11.0. The molecule has 1 aromatic heterocycles. The van der Waals surface area contributed by atoms with Crippen molar-refractivity contribution in [2.45, 2.75) is 0 Å². The highest BCUT2D eigenvalue weighted by Crippen LogP contribution is 2.32. The Morgan fingerprint density at radius 1 is 0.950 bits per heavy atom. The molecule has 0 amide bonds. The number of oxazole rings is 1. The molecular formula is C16H14N2O2. The summed E-state index contributed by atoms with van der Waals surface area (Å²) < 4.78 is 10.9. The van der Waals surface area contributed by atoms with Gasteiger partial charge in [0.05, 0.1) is 7.11 Å². The molecule has 100 valence electrons. The SMILES string of the molecule is COc1ccc(-c2oc(-c3ccccc3)nc2N)cc1. The van der Waals surface area contributed by atoms with E-state index in [1.807, 2.05) is 54.6 Å². The van der Waals surface area contributed by atoms with E-state index in [9.17, 15) is 0 Å². The van der Waals surface area contributed by atoms with Crippen LogP contribution in [0.5, 0.6) is 5.75 Å². The lowest BCUT2D eigenvalue weighted by molar-refractivity contribution is 0.415. The molecule has 0 saturated heterocycles. The predicted octanol–water partition coefficient (Wildman–Crippen LogP) is 3.60. The minimum Gasteiger partial charge on any atom is -0.497 e. The molecule has 0 atom stereocenters. The second kappa shape index (κ2) is 5.09. The van der Waals surface area contributed by atoms with E-state index in [0.29, 0.717) is 17.5 Å². The van der Waals surface area contributed by atoms with Crippen molar-refractivity contribution < 1.29 is 9.15 Å². The molecule has 2 aromatic carbocycles. The van der Waals surface area contributed by atoms with E-state index in [0.717, 1.165) is 16.9 Å². The molecule has 4 nitrogen and oxygen atoms in total. The van der Waals surface area contributed by atoms with Crippen LogP contribution in [0.2, 0.25) is 0 Å². The number of benzene rings is 2. The summed E-state index contributed by atoms with van der Waals surface area (Å²) >= 11 is 0. The van der Waals surface area contributed by atoms with Crippen LogP contribution >= 0.6 is 0 Å². The maximum Gasteiger partial charge on any atom is 0.228 e. The summed E-state index contributed by atoms with van der Waals surface area (Å²) in [5, 5.41) is 0. The molecule has 0 unspecified atom stereocenters. The second-order valence-corrected chi connectivity index (χ2v) is 4.33. The van der Waals surface area contributed by atoms with E-state index < -0.39 is 0 Å². The van der Waals surface area contributed by atoms with Crippen molar-refractivity contribution in [3.8, 4) is 28.5 Å². The van der Waals surface area contributed by atoms with Gasteiger partial charge in [-0.2, -0.15) is 4.98 Å². The molecule has 0 bridgehead atoms. The number of nitrogen functional groups attached to an aromatic ring is 1. The second-order valence-electron chi connectivity index (χ2n) is 4.33. The van der Waals surface area contributed by atoms with Gasteiger partial charge in [-0.1, -0.05) is 18.2 Å². The summed E-state index contributed by atoms with van der Waals surface area (Å²) in [7, 11) is 1.63. The standard InChI is InChI=1S/C16H14N2O2/c1-19-13-9-7-11(8-10-13)14-15(17)18-16(20-14)12-5-3-2-4-6-12/h2-10H,17H2,1H3. The highest BCUT2D eigenvalue weighted by atomic mass is 16.5. The number of nitrogens with zero attached hydrogens (tertiary/aromatic N) is 1. The first kappa shape index (κ1) is 12.3. The molecule has 2 N–H and O–H groups in total. The van der Waals surface area contributed by atoms with E-state index in [-0.39, 0.29) is 0 Å². The van der Waals surface area contributed by atoms with Crippen molar-refractivity contribution in [3.05, 3.63) is 54.6 Å². The van der Waals surface area contributed by atoms with Gasteiger partial charge < -0.3 is 14.9 Å². The molecule has 0 aliphatic heterocycles. The van der Waals surface area contributed by atoms with Gasteiger partial charge in [-0.05, 0) is 36.4 Å². The number of aromatic nitrogens is 1. The fourth-order valence-electron chi connectivity index (χ4n) is 1.99. The Balaban J connectivity index is 2.00. The molecule has 0 fully saturated rings. The largest absolute Gasteiger partial charge is 0.497 e. The van der Waals surface area contributed by atoms with Crippen LogP contribution in [0.25, 0.3) is 22.8 Å². The molecule has 3 rings (SSSR count). The fraction of sp³-hybridized carbons (Fsp3) is 0.0625. The number of ether oxygens (including phenoxy) is 1. The van der Waals surface area contributed by atoms with Crippen LogP contribution in [0.3, 0.4) is 0 Å². The Morgan fingerprint density at radius 2 is 1.65 bits per heavy atom. The van der Waals surface area contributed by atoms with Gasteiger partial charge in [0.1, 0.15) is 5.75 Å². The summed E-state index contributed by atoms with van der Waals surface area (Å²) in [5.74, 6) is 2.27. The Bertz CT molecular complexity index is 703. The van der Waals surface area contributed by atoms with Crippen LogP contribution in [0.4, 0.5) is 5.82 Å². The van der Waals surface area contributed by atoms with Gasteiger partial charge >= 0.3 is 0 Å². The number of rotatable bonds is 3. The Kier molecular flexibility index (Phi) is 3.13. The molecule has 0 aliphatic rings.